The molecule has 1 unspecified atom stereocenters. The summed E-state index contributed by atoms with van der Waals surface area (Å²) in [5.41, 5.74) is -0.397. The van der Waals surface area contributed by atoms with E-state index in [1.807, 2.05) is 0 Å². The normalized spacial score (nSPS) is 15.9. The number of carbonyl (C=O) groups is 1. The van der Waals surface area contributed by atoms with E-state index in [1.165, 1.54) is 0 Å². The lowest BCUT2D eigenvalue weighted by Gasteiger charge is -2.44. The van der Waals surface area contributed by atoms with Gasteiger partial charge in [0.25, 0.3) is 0 Å². The summed E-state index contributed by atoms with van der Waals surface area (Å²) in [6.45, 7) is 4.12. The van der Waals surface area contributed by atoms with E-state index in [1.54, 1.807) is 0 Å². The lowest BCUT2D eigenvalue weighted by molar-refractivity contribution is -0.472. The zero-order valence-corrected chi connectivity index (χ0v) is 23.9. The minimum Gasteiger partial charge on any atom is -0.439 e. The van der Waals surface area contributed by atoms with Gasteiger partial charge in [-0.05, 0) is 31.2 Å². The fraction of sp³-hybridized carbons (Fsp3) is 0.591. The first-order chi connectivity index (χ1) is 21.3. The van der Waals surface area contributed by atoms with Crippen molar-refractivity contribution in [2.24, 2.45) is 0 Å². The Morgan fingerprint density at radius 2 is 0.939 bits per heavy atom. The average Bonchev–Trinajstić information content (AvgIpc) is 2.94. The number of ether oxygens (including phenoxy) is 1. The van der Waals surface area contributed by atoms with E-state index >= 15 is 0 Å². The molecule has 0 aromatic heterocycles. The van der Waals surface area contributed by atoms with Gasteiger partial charge in [-0.1, -0.05) is 6.58 Å². The summed E-state index contributed by atoms with van der Waals surface area (Å²) in [5, 5.41) is -7.88. The molecule has 0 aliphatic heterocycles. The van der Waals surface area contributed by atoms with Crippen LogP contribution in [0.15, 0.2) is 41.8 Å². The molecule has 284 valence electrons. The SMILES string of the molecule is C=CC(=O)OC(C)N(C)c1ccc(S(=O)(=O)C(F)(F)C(F)(F)C(F)(F)C(F)(F)C(F)(F)C(F)(F)C(F)(F)C(F)(F)C(F)(F)C(F)(F)F)cc1. The van der Waals surface area contributed by atoms with Crippen LogP contribution in [0.4, 0.5) is 97.9 Å². The maximum Gasteiger partial charge on any atom is 0.460 e. The molecule has 0 spiro atoms. The zero-order chi connectivity index (χ0) is 39.6. The monoisotopic (exact) mass is 787 g/mol. The largest absolute Gasteiger partial charge is 0.460 e. The fourth-order valence-corrected chi connectivity index (χ4v) is 4.48. The minimum absolute atomic E-state index is 0.185. The quantitative estimate of drug-likeness (QED) is 0.0824. The molecule has 0 aliphatic rings. The first-order valence-electron chi connectivity index (χ1n) is 11.6. The lowest BCUT2D eigenvalue weighted by atomic mass is 9.87. The summed E-state index contributed by atoms with van der Waals surface area (Å²) < 4.78 is 314. The minimum atomic E-state index is -9.40. The molecule has 0 saturated carbocycles. The Labute approximate surface area is 258 Å². The molecule has 0 amide bonds. The number of nitrogens with zero attached hydrogens (tertiary/aromatic N) is 1. The number of carbonyl (C=O) groups excluding carboxylic acids is 1. The average molecular weight is 787 g/mol. The van der Waals surface area contributed by atoms with Gasteiger partial charge < -0.3 is 9.64 Å². The summed E-state index contributed by atoms with van der Waals surface area (Å²) in [6.07, 6.45) is -8.80. The molecule has 1 aromatic carbocycles. The van der Waals surface area contributed by atoms with E-state index in [9.17, 15) is 105 Å². The molecule has 49 heavy (non-hydrogen) atoms. The Morgan fingerprint density at radius 3 is 1.24 bits per heavy atom. The molecule has 27 heteroatoms. The number of halogens is 21. The summed E-state index contributed by atoms with van der Waals surface area (Å²) >= 11 is 0. The number of esters is 1. The zero-order valence-electron chi connectivity index (χ0n) is 23.1. The summed E-state index contributed by atoms with van der Waals surface area (Å²) in [4.78, 5) is 9.82. The van der Waals surface area contributed by atoms with Gasteiger partial charge in [-0.25, -0.2) is 13.2 Å². The lowest BCUT2D eigenvalue weighted by Crippen LogP contribution is -2.77. The van der Waals surface area contributed by atoms with Crippen molar-refractivity contribution >= 4 is 21.5 Å². The molecule has 0 bridgehead atoms. The molecule has 1 rings (SSSR count). The third-order valence-electron chi connectivity index (χ3n) is 6.37. The van der Waals surface area contributed by atoms with Crippen molar-refractivity contribution < 1.29 is 110 Å². The van der Waals surface area contributed by atoms with Gasteiger partial charge in [0, 0.05) is 18.8 Å². The maximum atomic E-state index is 14.5. The van der Waals surface area contributed by atoms with Gasteiger partial charge in [0.05, 0.1) is 4.90 Å². The highest BCUT2D eigenvalue weighted by molar-refractivity contribution is 7.92. The van der Waals surface area contributed by atoms with Gasteiger partial charge in [0.1, 0.15) is 0 Å². The van der Waals surface area contributed by atoms with Crippen LogP contribution in [0.25, 0.3) is 0 Å². The standard InChI is InChI=1S/C22H14F21NO4S/c1-4-12(45)48-9(2)44(3)10-5-7-11(8-6-10)49(46,47)22(42,43)20(37,38)18(33,34)16(29,30)14(25,26)13(23,24)15(27,28)17(31,32)19(35,36)21(39,40)41/h4-9H,1H2,2-3H3. The molecular formula is C22H14F21NO4S. The van der Waals surface area contributed by atoms with Crippen molar-refractivity contribution in [1.29, 1.82) is 0 Å². The number of hydrogen-bond donors (Lipinski definition) is 0. The van der Waals surface area contributed by atoms with E-state index in [0.717, 1.165) is 18.9 Å². The van der Waals surface area contributed by atoms with Gasteiger partial charge in [-0.3, -0.25) is 0 Å². The van der Waals surface area contributed by atoms with Gasteiger partial charge in [-0.2, -0.15) is 92.2 Å². The number of benzene rings is 1. The topological polar surface area (TPSA) is 63.7 Å². The van der Waals surface area contributed by atoms with Crippen LogP contribution in [0.3, 0.4) is 0 Å². The second-order valence-electron chi connectivity index (χ2n) is 9.46. The van der Waals surface area contributed by atoms with E-state index in [-0.39, 0.29) is 12.1 Å². The number of rotatable bonds is 14. The molecule has 0 heterocycles. The maximum absolute atomic E-state index is 14.5. The third-order valence-corrected chi connectivity index (χ3v) is 8.20. The highest BCUT2D eigenvalue weighted by Gasteiger charge is 2.98. The Kier molecular flexibility index (Phi) is 10.9. The summed E-state index contributed by atoms with van der Waals surface area (Å²) in [5.74, 6) is -73.8. The number of anilines is 1. The molecule has 0 saturated heterocycles. The van der Waals surface area contributed by atoms with Crippen LogP contribution in [0.5, 0.6) is 0 Å². The molecule has 1 atom stereocenters. The molecule has 0 radical (unpaired) electrons. The highest BCUT2D eigenvalue weighted by atomic mass is 32.2. The fourth-order valence-electron chi connectivity index (χ4n) is 3.23. The van der Waals surface area contributed by atoms with Gasteiger partial charge in [0.2, 0.25) is 9.84 Å². The smallest absolute Gasteiger partial charge is 0.439 e. The van der Waals surface area contributed by atoms with Gasteiger partial charge in [-0.15, -0.1) is 0 Å². The third kappa shape index (κ3) is 5.99. The molecule has 1 aromatic rings. The second-order valence-corrected chi connectivity index (χ2v) is 11.4. The van der Waals surface area contributed by atoms with Crippen LogP contribution in [-0.4, -0.2) is 86.5 Å². The Bertz CT molecular complexity index is 1500. The van der Waals surface area contributed by atoms with E-state index < -0.39 is 91.4 Å². The van der Waals surface area contributed by atoms with Crippen LogP contribution in [0.1, 0.15) is 6.92 Å². The summed E-state index contributed by atoms with van der Waals surface area (Å²) in [6, 6.07) is 0.324. The van der Waals surface area contributed by atoms with Crippen LogP contribution in [0, 0.1) is 0 Å². The Morgan fingerprint density at radius 1 is 0.633 bits per heavy atom. The predicted molar refractivity (Wildman–Crippen MR) is 118 cm³/mol. The van der Waals surface area contributed by atoms with Crippen LogP contribution in [-0.2, 0) is 19.4 Å². The highest BCUT2D eigenvalue weighted by Crippen LogP contribution is 2.66. The van der Waals surface area contributed by atoms with Crippen molar-refractivity contribution in [3.8, 4) is 0 Å². The van der Waals surface area contributed by atoms with E-state index in [2.05, 4.69) is 6.58 Å². The first kappa shape index (κ1) is 43.7. The Hall–Kier alpha value is -3.29. The van der Waals surface area contributed by atoms with Gasteiger partial charge >= 0.3 is 64.8 Å². The van der Waals surface area contributed by atoms with Crippen molar-refractivity contribution in [3.05, 3.63) is 36.9 Å². The van der Waals surface area contributed by atoms with Crippen molar-refractivity contribution in [3.63, 3.8) is 0 Å². The van der Waals surface area contributed by atoms with Gasteiger partial charge in [0.15, 0.2) is 6.23 Å². The van der Waals surface area contributed by atoms with Crippen molar-refractivity contribution in [1.82, 2.24) is 0 Å². The second kappa shape index (κ2) is 12.2. The van der Waals surface area contributed by atoms with Crippen LogP contribution >= 0.6 is 0 Å². The predicted octanol–water partition coefficient (Wildman–Crippen LogP) is 8.21. The molecule has 0 aliphatic carbocycles. The molecule has 0 N–H and O–H groups in total. The number of hydrogen-bond acceptors (Lipinski definition) is 5. The van der Waals surface area contributed by atoms with Crippen molar-refractivity contribution in [2.75, 3.05) is 11.9 Å². The number of sulfone groups is 1. The van der Waals surface area contributed by atoms with Crippen LogP contribution < -0.4 is 4.90 Å². The molecule has 0 fully saturated rings. The van der Waals surface area contributed by atoms with E-state index in [4.69, 9.17) is 4.74 Å². The van der Waals surface area contributed by atoms with Crippen molar-refractivity contribution in [2.45, 2.75) is 76.9 Å². The molecule has 5 nitrogen and oxygen atoms in total. The van der Waals surface area contributed by atoms with Crippen LogP contribution in [0.2, 0.25) is 0 Å². The Balaban J connectivity index is 3.77. The first-order valence-corrected chi connectivity index (χ1v) is 13.1. The molecular weight excluding hydrogens is 773 g/mol. The summed E-state index contributed by atoms with van der Waals surface area (Å²) in [7, 11) is -6.61. The van der Waals surface area contributed by atoms with E-state index in [0.29, 0.717) is 18.2 Å². The number of alkyl halides is 21.